The van der Waals surface area contributed by atoms with Crippen LogP contribution in [0, 0.1) is 0 Å². The van der Waals surface area contributed by atoms with Gasteiger partial charge in [-0.15, -0.1) is 0 Å². The van der Waals surface area contributed by atoms with Crippen molar-refractivity contribution in [3.8, 4) is 0 Å². The van der Waals surface area contributed by atoms with Gasteiger partial charge in [0.1, 0.15) is 5.88 Å². The van der Waals surface area contributed by atoms with Crippen LogP contribution in [0.3, 0.4) is 0 Å². The summed E-state index contributed by atoms with van der Waals surface area (Å²) in [5.41, 5.74) is 0. The van der Waals surface area contributed by atoms with Gasteiger partial charge in [0.2, 0.25) is 6.41 Å². The third-order valence-electron chi connectivity index (χ3n) is 1.55. The highest BCUT2D eigenvalue weighted by atomic mass is 32.2. The summed E-state index contributed by atoms with van der Waals surface area (Å²) in [6, 6.07) is 0.163. The lowest BCUT2D eigenvalue weighted by Gasteiger charge is -2.37. The van der Waals surface area contributed by atoms with Gasteiger partial charge in [-0.25, -0.2) is 4.21 Å². The maximum absolute atomic E-state index is 10.2. The van der Waals surface area contributed by atoms with Crippen molar-refractivity contribution in [3.63, 3.8) is 0 Å². The fourth-order valence-corrected chi connectivity index (χ4v) is 1.56. The maximum Gasteiger partial charge on any atom is 0.207 e. The Morgan fingerprint density at radius 1 is 1.73 bits per heavy atom. The van der Waals surface area contributed by atoms with Crippen molar-refractivity contribution in [3.05, 3.63) is 0 Å². The molecule has 1 amide bonds. The third-order valence-corrected chi connectivity index (χ3v) is 2.14. The molecule has 6 heteroatoms. The fourth-order valence-electron chi connectivity index (χ4n) is 1.03. The molecular weight excluding hydrogens is 168 g/mol. The fraction of sp³-hybridized carbons (Fsp3) is 0.800. The van der Waals surface area contributed by atoms with E-state index in [4.69, 9.17) is 4.55 Å². The summed E-state index contributed by atoms with van der Waals surface area (Å²) in [6.07, 6.45) is 0.651. The van der Waals surface area contributed by atoms with Crippen LogP contribution in [0.4, 0.5) is 0 Å². The van der Waals surface area contributed by atoms with E-state index in [9.17, 15) is 9.00 Å². The Labute approximate surface area is 67.0 Å². The molecule has 1 heterocycles. The molecule has 0 bridgehead atoms. The molecular formula is C5H10N2O3S. The predicted octanol–water partition coefficient (Wildman–Crippen LogP) is -1.40. The summed E-state index contributed by atoms with van der Waals surface area (Å²) >= 11 is -1.75. The minimum Gasteiger partial charge on any atom is -0.353 e. The van der Waals surface area contributed by atoms with Gasteiger partial charge in [0.15, 0.2) is 11.1 Å². The van der Waals surface area contributed by atoms with Gasteiger partial charge in [0.25, 0.3) is 0 Å². The average Bonchev–Trinajstić information content (AvgIpc) is 1.82. The number of hydrogen-bond acceptors (Lipinski definition) is 3. The van der Waals surface area contributed by atoms with Crippen LogP contribution in [0.2, 0.25) is 0 Å². The summed E-state index contributed by atoms with van der Waals surface area (Å²) < 4.78 is 18.7. The second-order valence-electron chi connectivity index (χ2n) is 2.47. The molecule has 0 aromatic carbocycles. The minimum absolute atomic E-state index is 0.163. The maximum atomic E-state index is 10.2. The van der Waals surface area contributed by atoms with E-state index in [1.807, 2.05) is 0 Å². The molecule has 1 aliphatic heterocycles. The van der Waals surface area contributed by atoms with E-state index in [1.54, 1.807) is 4.90 Å². The largest absolute Gasteiger partial charge is 0.353 e. The highest BCUT2D eigenvalue weighted by Gasteiger charge is 2.26. The van der Waals surface area contributed by atoms with Crippen LogP contribution in [0.1, 0.15) is 0 Å². The monoisotopic (exact) mass is 178 g/mol. The minimum atomic E-state index is -1.75. The first kappa shape index (κ1) is 8.63. The molecule has 1 atom stereocenters. The molecule has 5 nitrogen and oxygen atoms in total. The molecule has 1 saturated heterocycles. The first-order chi connectivity index (χ1) is 5.22. The van der Waals surface area contributed by atoms with Crippen LogP contribution in [0.25, 0.3) is 0 Å². The van der Waals surface area contributed by atoms with Crippen molar-refractivity contribution < 1.29 is 13.6 Å². The Morgan fingerprint density at radius 3 is 2.82 bits per heavy atom. The molecule has 0 spiro atoms. The zero-order valence-electron chi connectivity index (χ0n) is 5.90. The molecule has 11 heavy (non-hydrogen) atoms. The third kappa shape index (κ3) is 2.57. The van der Waals surface area contributed by atoms with Gasteiger partial charge in [0.05, 0.1) is 6.04 Å². The van der Waals surface area contributed by atoms with Crippen LogP contribution in [-0.4, -0.2) is 45.1 Å². The lowest BCUT2D eigenvalue weighted by molar-refractivity contribution is -0.111. The zero-order chi connectivity index (χ0) is 8.27. The SMILES string of the molecule is O=CNC1CN(CS(=O)O)C1. The average molecular weight is 178 g/mol. The van der Waals surface area contributed by atoms with Gasteiger partial charge >= 0.3 is 0 Å². The van der Waals surface area contributed by atoms with Crippen LogP contribution < -0.4 is 5.32 Å². The standard InChI is InChI=1S/C5H10N2O3S/c8-3-6-5-1-7(2-5)4-11(9)10/h3,5H,1-2,4H2,(H,6,8)(H,9,10). The molecule has 0 aromatic rings. The number of nitrogens with zero attached hydrogens (tertiary/aromatic N) is 1. The van der Waals surface area contributed by atoms with Crippen molar-refractivity contribution in [2.45, 2.75) is 6.04 Å². The number of rotatable bonds is 4. The molecule has 0 saturated carbocycles. The van der Waals surface area contributed by atoms with Crippen LogP contribution >= 0.6 is 0 Å². The number of likely N-dealkylation sites (tertiary alicyclic amines) is 1. The van der Waals surface area contributed by atoms with Gasteiger partial charge in [-0.05, 0) is 0 Å². The molecule has 1 fully saturated rings. The Balaban J connectivity index is 2.09. The van der Waals surface area contributed by atoms with Crippen molar-refractivity contribution in [2.75, 3.05) is 19.0 Å². The number of hydrogen-bond donors (Lipinski definition) is 2. The quantitative estimate of drug-likeness (QED) is 0.410. The Bertz CT molecular complexity index is 169. The van der Waals surface area contributed by atoms with Crippen molar-refractivity contribution in [2.24, 2.45) is 0 Å². The summed E-state index contributed by atoms with van der Waals surface area (Å²) in [7, 11) is 0. The molecule has 1 rings (SSSR count). The van der Waals surface area contributed by atoms with Gasteiger partial charge in [0, 0.05) is 13.1 Å². The molecule has 0 radical (unpaired) electrons. The van der Waals surface area contributed by atoms with E-state index < -0.39 is 11.1 Å². The van der Waals surface area contributed by atoms with E-state index in [1.165, 1.54) is 0 Å². The van der Waals surface area contributed by atoms with E-state index in [2.05, 4.69) is 5.32 Å². The zero-order valence-corrected chi connectivity index (χ0v) is 6.71. The van der Waals surface area contributed by atoms with Crippen molar-refractivity contribution in [1.29, 1.82) is 0 Å². The first-order valence-electron chi connectivity index (χ1n) is 3.22. The molecule has 2 N–H and O–H groups in total. The van der Waals surface area contributed by atoms with Gasteiger partial charge in [-0.1, -0.05) is 0 Å². The molecule has 1 unspecified atom stereocenters. The van der Waals surface area contributed by atoms with Gasteiger partial charge in [-0.3, -0.25) is 9.69 Å². The highest BCUT2D eigenvalue weighted by molar-refractivity contribution is 7.79. The summed E-state index contributed by atoms with van der Waals surface area (Å²) in [4.78, 5) is 11.7. The van der Waals surface area contributed by atoms with Crippen molar-refractivity contribution >= 4 is 17.5 Å². The normalized spacial score (nSPS) is 22.3. The second kappa shape index (κ2) is 3.80. The molecule has 0 aliphatic carbocycles. The topological polar surface area (TPSA) is 69.6 Å². The summed E-state index contributed by atoms with van der Waals surface area (Å²) in [5, 5.41) is 2.58. The Morgan fingerprint density at radius 2 is 2.36 bits per heavy atom. The lowest BCUT2D eigenvalue weighted by Crippen LogP contribution is -2.58. The predicted molar refractivity (Wildman–Crippen MR) is 40.2 cm³/mol. The Kier molecular flexibility index (Phi) is 2.98. The van der Waals surface area contributed by atoms with Crippen LogP contribution in [0.15, 0.2) is 0 Å². The first-order valence-corrected chi connectivity index (χ1v) is 4.49. The number of carbonyl (C=O) groups is 1. The van der Waals surface area contributed by atoms with E-state index in [-0.39, 0.29) is 11.9 Å². The Hall–Kier alpha value is -0.460. The highest BCUT2D eigenvalue weighted by Crippen LogP contribution is 2.06. The summed E-state index contributed by atoms with van der Waals surface area (Å²) in [6.45, 7) is 1.34. The second-order valence-corrected chi connectivity index (χ2v) is 3.37. The lowest BCUT2D eigenvalue weighted by atomic mass is 10.1. The summed E-state index contributed by atoms with van der Waals surface area (Å²) in [5.74, 6) is 0.178. The van der Waals surface area contributed by atoms with Gasteiger partial charge in [-0.2, -0.15) is 0 Å². The van der Waals surface area contributed by atoms with Crippen LogP contribution in [0.5, 0.6) is 0 Å². The van der Waals surface area contributed by atoms with Crippen molar-refractivity contribution in [1.82, 2.24) is 10.2 Å². The number of amides is 1. The number of carbonyl (C=O) groups excluding carboxylic acids is 1. The smallest absolute Gasteiger partial charge is 0.207 e. The van der Waals surface area contributed by atoms with E-state index in [0.29, 0.717) is 19.5 Å². The number of nitrogens with one attached hydrogen (secondary N) is 1. The van der Waals surface area contributed by atoms with Gasteiger partial charge < -0.3 is 9.87 Å². The molecule has 64 valence electrons. The van der Waals surface area contributed by atoms with E-state index in [0.717, 1.165) is 0 Å². The molecule has 0 aromatic heterocycles. The molecule has 1 aliphatic rings. The van der Waals surface area contributed by atoms with E-state index >= 15 is 0 Å². The van der Waals surface area contributed by atoms with Crippen LogP contribution in [-0.2, 0) is 15.9 Å².